The van der Waals surface area contributed by atoms with Gasteiger partial charge in [0.1, 0.15) is 5.75 Å². The van der Waals surface area contributed by atoms with E-state index in [-0.39, 0.29) is 17.4 Å². The van der Waals surface area contributed by atoms with Gasteiger partial charge in [-0.2, -0.15) is 5.10 Å². The number of nitrogens with one attached hydrogen (secondary N) is 2. The highest BCUT2D eigenvalue weighted by molar-refractivity contribution is 6.51. The monoisotopic (exact) mass is 294 g/mol. The highest BCUT2D eigenvalue weighted by atomic mass is 16.3. The molecule has 1 aliphatic rings. The van der Waals surface area contributed by atoms with Crippen molar-refractivity contribution in [3.05, 3.63) is 66.9 Å². The second kappa shape index (κ2) is 5.61. The molecule has 0 saturated carbocycles. The maximum absolute atomic E-state index is 12.4. The first-order chi connectivity index (χ1) is 10.6. The van der Waals surface area contributed by atoms with E-state index in [0.717, 1.165) is 0 Å². The Labute approximate surface area is 127 Å². The third-order valence-corrected chi connectivity index (χ3v) is 3.12. The fourth-order valence-corrected chi connectivity index (χ4v) is 2.00. The molecule has 6 nitrogen and oxygen atoms in total. The van der Waals surface area contributed by atoms with Crippen molar-refractivity contribution in [3.63, 3.8) is 0 Å². The molecule has 3 N–H and O–H groups in total. The number of rotatable bonds is 3. The largest absolute Gasteiger partial charge is 0.508 e. The summed E-state index contributed by atoms with van der Waals surface area (Å²) in [4.78, 5) is 12.4. The minimum absolute atomic E-state index is 0.163. The summed E-state index contributed by atoms with van der Waals surface area (Å²) < 4.78 is 0. The van der Waals surface area contributed by atoms with Gasteiger partial charge in [-0.05, 0) is 36.4 Å². The molecular formula is C16H14N4O2. The van der Waals surface area contributed by atoms with Crippen molar-refractivity contribution in [3.8, 4) is 5.75 Å². The number of hydrazone groups is 1. The molecule has 3 rings (SSSR count). The van der Waals surface area contributed by atoms with E-state index < -0.39 is 0 Å². The van der Waals surface area contributed by atoms with E-state index in [4.69, 9.17) is 0 Å². The van der Waals surface area contributed by atoms with Gasteiger partial charge in [-0.1, -0.05) is 24.8 Å². The summed E-state index contributed by atoms with van der Waals surface area (Å²) in [6.07, 6.45) is 0. The van der Waals surface area contributed by atoms with Gasteiger partial charge in [0.25, 0.3) is 5.91 Å². The summed E-state index contributed by atoms with van der Waals surface area (Å²) in [6.45, 7) is 3.80. The number of carbonyl (C=O) groups excluding carboxylic acids is 1. The van der Waals surface area contributed by atoms with Crippen LogP contribution < -0.4 is 15.9 Å². The van der Waals surface area contributed by atoms with E-state index >= 15 is 0 Å². The first-order valence-electron chi connectivity index (χ1n) is 6.63. The Balaban J connectivity index is 1.79. The first-order valence-corrected chi connectivity index (χ1v) is 6.63. The fraction of sp³-hybridized carbons (Fsp3) is 0. The van der Waals surface area contributed by atoms with E-state index in [1.165, 1.54) is 17.1 Å². The van der Waals surface area contributed by atoms with Gasteiger partial charge >= 0.3 is 0 Å². The number of phenolic OH excluding ortho intramolecular Hbond substituents is 1. The van der Waals surface area contributed by atoms with E-state index in [1.807, 2.05) is 30.3 Å². The zero-order valence-electron chi connectivity index (χ0n) is 11.7. The SMILES string of the molecule is C=C1NN(c2ccccc2)C(=O)/C1=N/Nc1ccc(O)cc1. The topological polar surface area (TPSA) is 77.0 Å². The van der Waals surface area contributed by atoms with Crippen molar-refractivity contribution >= 4 is 23.0 Å². The minimum Gasteiger partial charge on any atom is -0.508 e. The van der Waals surface area contributed by atoms with Crippen LogP contribution in [-0.4, -0.2) is 16.7 Å². The van der Waals surface area contributed by atoms with Gasteiger partial charge in [0, 0.05) is 0 Å². The summed E-state index contributed by atoms with van der Waals surface area (Å²) >= 11 is 0. The van der Waals surface area contributed by atoms with Gasteiger partial charge in [0.15, 0.2) is 5.71 Å². The number of carbonyl (C=O) groups is 1. The average Bonchev–Trinajstić information content (AvgIpc) is 2.82. The van der Waals surface area contributed by atoms with Gasteiger partial charge in [0.05, 0.1) is 17.1 Å². The molecule has 0 bridgehead atoms. The lowest BCUT2D eigenvalue weighted by Gasteiger charge is -2.14. The fourth-order valence-electron chi connectivity index (χ4n) is 2.00. The van der Waals surface area contributed by atoms with Crippen LogP contribution in [0.5, 0.6) is 5.75 Å². The van der Waals surface area contributed by atoms with Crippen LogP contribution in [0.25, 0.3) is 0 Å². The van der Waals surface area contributed by atoms with Crippen molar-refractivity contribution in [2.45, 2.75) is 0 Å². The molecule has 0 aromatic heterocycles. The number of hydrogen-bond acceptors (Lipinski definition) is 5. The molecule has 1 saturated heterocycles. The van der Waals surface area contributed by atoms with E-state index in [9.17, 15) is 9.90 Å². The van der Waals surface area contributed by atoms with Gasteiger partial charge in [-0.15, -0.1) is 0 Å². The molecule has 22 heavy (non-hydrogen) atoms. The van der Waals surface area contributed by atoms with Crippen LogP contribution in [0.1, 0.15) is 0 Å². The van der Waals surface area contributed by atoms with Crippen LogP contribution in [0.4, 0.5) is 11.4 Å². The highest BCUT2D eigenvalue weighted by Gasteiger charge is 2.32. The summed E-state index contributed by atoms with van der Waals surface area (Å²) in [5, 5.41) is 14.7. The summed E-state index contributed by atoms with van der Waals surface area (Å²) in [5.41, 5.74) is 7.66. The quantitative estimate of drug-likeness (QED) is 0.599. The minimum atomic E-state index is -0.289. The lowest BCUT2D eigenvalue weighted by atomic mass is 10.3. The second-order valence-corrected chi connectivity index (χ2v) is 4.69. The van der Waals surface area contributed by atoms with Crippen molar-refractivity contribution in [2.24, 2.45) is 5.10 Å². The molecule has 1 amide bonds. The second-order valence-electron chi connectivity index (χ2n) is 4.69. The lowest BCUT2D eigenvalue weighted by Crippen LogP contribution is -2.34. The zero-order valence-corrected chi connectivity index (χ0v) is 11.7. The van der Waals surface area contributed by atoms with Crippen molar-refractivity contribution in [1.29, 1.82) is 0 Å². The van der Waals surface area contributed by atoms with Gasteiger partial charge in [-0.25, -0.2) is 5.01 Å². The summed E-state index contributed by atoms with van der Waals surface area (Å²) in [7, 11) is 0. The van der Waals surface area contributed by atoms with Crippen molar-refractivity contribution < 1.29 is 9.90 Å². The van der Waals surface area contributed by atoms with E-state index in [0.29, 0.717) is 17.1 Å². The van der Waals surface area contributed by atoms with Crippen LogP contribution in [0.15, 0.2) is 72.0 Å². The molecule has 0 atom stereocenters. The number of benzene rings is 2. The van der Waals surface area contributed by atoms with E-state index in [1.54, 1.807) is 12.1 Å². The Morgan fingerprint density at radius 3 is 2.45 bits per heavy atom. The standard InChI is InChI=1S/C16H14N4O2/c1-11-15(18-17-12-7-9-14(21)10-8-12)16(22)20(19-11)13-5-3-2-4-6-13/h2-10,17,19,21H,1H2/b18-15+. The Morgan fingerprint density at radius 1 is 1.09 bits per heavy atom. The molecule has 2 aromatic carbocycles. The van der Waals surface area contributed by atoms with Crippen molar-refractivity contribution in [2.75, 3.05) is 10.4 Å². The molecule has 0 spiro atoms. The van der Waals surface area contributed by atoms with E-state index in [2.05, 4.69) is 22.5 Å². The number of para-hydroxylation sites is 1. The predicted molar refractivity (Wildman–Crippen MR) is 85.4 cm³/mol. The normalized spacial score (nSPS) is 16.0. The maximum Gasteiger partial charge on any atom is 0.299 e. The third-order valence-electron chi connectivity index (χ3n) is 3.12. The van der Waals surface area contributed by atoms with Crippen LogP contribution >= 0.6 is 0 Å². The predicted octanol–water partition coefficient (Wildman–Crippen LogP) is 2.23. The Hall–Kier alpha value is -3.28. The molecule has 110 valence electrons. The molecule has 1 heterocycles. The first kappa shape index (κ1) is 13.7. The summed E-state index contributed by atoms with van der Waals surface area (Å²) in [6, 6.07) is 15.6. The van der Waals surface area contributed by atoms with Gasteiger partial charge < -0.3 is 5.11 Å². The van der Waals surface area contributed by atoms with Gasteiger partial charge in [0.2, 0.25) is 0 Å². The molecule has 0 radical (unpaired) electrons. The number of amides is 1. The lowest BCUT2D eigenvalue weighted by molar-refractivity contribution is -0.112. The number of nitrogens with zero attached hydrogens (tertiary/aromatic N) is 2. The smallest absolute Gasteiger partial charge is 0.299 e. The average molecular weight is 294 g/mol. The Kier molecular flexibility index (Phi) is 3.49. The Morgan fingerprint density at radius 2 is 1.77 bits per heavy atom. The molecule has 1 aliphatic heterocycles. The number of hydrazine groups is 1. The van der Waals surface area contributed by atoms with Crippen molar-refractivity contribution in [1.82, 2.24) is 5.43 Å². The number of phenols is 1. The number of anilines is 2. The Bertz CT molecular complexity index is 739. The zero-order chi connectivity index (χ0) is 15.5. The molecular weight excluding hydrogens is 280 g/mol. The van der Waals surface area contributed by atoms with Crippen LogP contribution in [0.2, 0.25) is 0 Å². The number of hydrogen-bond donors (Lipinski definition) is 3. The third kappa shape index (κ3) is 2.62. The van der Waals surface area contributed by atoms with Crippen LogP contribution in [0, 0.1) is 0 Å². The molecule has 0 unspecified atom stereocenters. The van der Waals surface area contributed by atoms with Crippen LogP contribution in [-0.2, 0) is 4.79 Å². The molecule has 0 aliphatic carbocycles. The molecule has 2 aromatic rings. The van der Waals surface area contributed by atoms with Gasteiger partial charge in [-0.3, -0.25) is 15.6 Å². The van der Waals surface area contributed by atoms with Crippen LogP contribution in [0.3, 0.4) is 0 Å². The summed E-state index contributed by atoms with van der Waals surface area (Å²) in [5.74, 6) is -0.126. The number of aromatic hydroxyl groups is 1. The maximum atomic E-state index is 12.4. The molecule has 1 fully saturated rings. The molecule has 6 heteroatoms. The highest BCUT2D eigenvalue weighted by Crippen LogP contribution is 2.19.